The molecule has 0 aromatic heterocycles. The van der Waals surface area contributed by atoms with Crippen molar-refractivity contribution < 1.29 is 22.7 Å². The Hall–Kier alpha value is -1.56. The zero-order valence-electron chi connectivity index (χ0n) is 10.8. The number of carbonyl (C=O) groups is 1. The highest BCUT2D eigenvalue weighted by molar-refractivity contribution is 5.75. The maximum atomic E-state index is 12.5. The van der Waals surface area contributed by atoms with Crippen LogP contribution in [0.5, 0.6) is 0 Å². The van der Waals surface area contributed by atoms with Crippen molar-refractivity contribution in [3.05, 3.63) is 35.4 Å². The van der Waals surface area contributed by atoms with Gasteiger partial charge >= 0.3 is 12.1 Å². The average molecular weight is 275 g/mol. The van der Waals surface area contributed by atoms with E-state index in [2.05, 4.69) is 5.32 Å². The van der Waals surface area contributed by atoms with E-state index in [9.17, 15) is 18.0 Å². The summed E-state index contributed by atoms with van der Waals surface area (Å²) in [7, 11) is 0. The number of esters is 1. The topological polar surface area (TPSA) is 38.3 Å². The number of rotatable bonds is 5. The van der Waals surface area contributed by atoms with Crippen molar-refractivity contribution in [3.8, 4) is 0 Å². The molecule has 0 aliphatic carbocycles. The molecule has 0 fully saturated rings. The number of ether oxygens (including phenoxy) is 1. The quantitative estimate of drug-likeness (QED) is 0.840. The van der Waals surface area contributed by atoms with Gasteiger partial charge in [-0.2, -0.15) is 13.2 Å². The predicted octanol–water partition coefficient (Wildman–Crippen LogP) is 2.75. The van der Waals surface area contributed by atoms with Gasteiger partial charge in [-0.15, -0.1) is 0 Å². The van der Waals surface area contributed by atoms with Crippen molar-refractivity contribution in [2.75, 3.05) is 6.61 Å². The SMILES string of the molecule is CCOC(=O)C(C)NCc1cccc(C(F)(F)F)c1. The third kappa shape index (κ3) is 4.90. The van der Waals surface area contributed by atoms with E-state index in [0.29, 0.717) is 5.56 Å². The van der Waals surface area contributed by atoms with Gasteiger partial charge < -0.3 is 10.1 Å². The van der Waals surface area contributed by atoms with E-state index >= 15 is 0 Å². The van der Waals surface area contributed by atoms with Crippen LogP contribution in [0.3, 0.4) is 0 Å². The number of alkyl halides is 3. The van der Waals surface area contributed by atoms with Crippen LogP contribution in [-0.2, 0) is 22.3 Å². The number of halogens is 3. The van der Waals surface area contributed by atoms with Gasteiger partial charge in [-0.25, -0.2) is 0 Å². The van der Waals surface area contributed by atoms with Crippen LogP contribution >= 0.6 is 0 Å². The second kappa shape index (κ2) is 6.56. The van der Waals surface area contributed by atoms with Gasteiger partial charge in [0.25, 0.3) is 0 Å². The Balaban J connectivity index is 2.61. The fraction of sp³-hybridized carbons (Fsp3) is 0.462. The molecule has 0 aliphatic heterocycles. The molecule has 0 aliphatic rings. The number of hydrogen-bond acceptors (Lipinski definition) is 3. The van der Waals surface area contributed by atoms with Crippen LogP contribution < -0.4 is 5.32 Å². The van der Waals surface area contributed by atoms with Crippen molar-refractivity contribution in [1.82, 2.24) is 5.32 Å². The Morgan fingerprint density at radius 1 is 1.42 bits per heavy atom. The molecule has 1 aromatic rings. The Kier molecular flexibility index (Phi) is 5.35. The molecule has 3 nitrogen and oxygen atoms in total. The summed E-state index contributed by atoms with van der Waals surface area (Å²) in [5.41, 5.74) is -0.235. The lowest BCUT2D eigenvalue weighted by Gasteiger charge is -2.13. The number of benzene rings is 1. The van der Waals surface area contributed by atoms with E-state index in [1.165, 1.54) is 6.07 Å². The van der Waals surface area contributed by atoms with Gasteiger partial charge in [0, 0.05) is 6.54 Å². The maximum absolute atomic E-state index is 12.5. The lowest BCUT2D eigenvalue weighted by molar-refractivity contribution is -0.145. The monoisotopic (exact) mass is 275 g/mol. The van der Waals surface area contributed by atoms with E-state index < -0.39 is 23.8 Å². The van der Waals surface area contributed by atoms with Gasteiger partial charge in [-0.1, -0.05) is 18.2 Å². The van der Waals surface area contributed by atoms with Crippen molar-refractivity contribution in [2.45, 2.75) is 32.6 Å². The standard InChI is InChI=1S/C13H16F3NO2/c1-3-19-12(18)9(2)17-8-10-5-4-6-11(7-10)13(14,15)16/h4-7,9,17H,3,8H2,1-2H3. The highest BCUT2D eigenvalue weighted by atomic mass is 19.4. The molecule has 0 saturated carbocycles. The first-order chi connectivity index (χ1) is 8.84. The zero-order valence-corrected chi connectivity index (χ0v) is 10.8. The molecule has 1 rings (SSSR count). The summed E-state index contributed by atoms with van der Waals surface area (Å²) in [6.07, 6.45) is -4.36. The minimum Gasteiger partial charge on any atom is -0.465 e. The second-order valence-corrected chi connectivity index (χ2v) is 4.05. The van der Waals surface area contributed by atoms with Crippen LogP contribution in [0.2, 0.25) is 0 Å². The molecule has 0 amide bonds. The van der Waals surface area contributed by atoms with E-state index in [0.717, 1.165) is 12.1 Å². The van der Waals surface area contributed by atoms with Crippen molar-refractivity contribution in [2.24, 2.45) is 0 Å². The summed E-state index contributed by atoms with van der Waals surface area (Å²) in [4.78, 5) is 11.3. The normalized spacial score (nSPS) is 13.1. The molecular formula is C13H16F3NO2. The van der Waals surface area contributed by atoms with Crippen molar-refractivity contribution in [3.63, 3.8) is 0 Å². The number of nitrogens with one attached hydrogen (secondary N) is 1. The Morgan fingerprint density at radius 3 is 2.68 bits per heavy atom. The molecular weight excluding hydrogens is 259 g/mol. The van der Waals surface area contributed by atoms with Crippen LogP contribution in [0.15, 0.2) is 24.3 Å². The molecule has 1 aromatic carbocycles. The second-order valence-electron chi connectivity index (χ2n) is 4.05. The summed E-state index contributed by atoms with van der Waals surface area (Å²) < 4.78 is 42.3. The van der Waals surface area contributed by atoms with Gasteiger partial charge in [0.05, 0.1) is 12.2 Å². The minimum atomic E-state index is -4.36. The number of carbonyl (C=O) groups excluding carboxylic acids is 1. The Morgan fingerprint density at radius 2 is 2.11 bits per heavy atom. The fourth-order valence-corrected chi connectivity index (χ4v) is 1.48. The van der Waals surface area contributed by atoms with Gasteiger partial charge in [-0.3, -0.25) is 4.79 Å². The van der Waals surface area contributed by atoms with E-state index in [4.69, 9.17) is 4.74 Å². The van der Waals surface area contributed by atoms with Crippen LogP contribution in [0, 0.1) is 0 Å². The summed E-state index contributed by atoms with van der Waals surface area (Å²) >= 11 is 0. The van der Waals surface area contributed by atoms with Gasteiger partial charge in [0.15, 0.2) is 0 Å². The molecule has 1 atom stereocenters. The molecule has 1 unspecified atom stereocenters. The van der Waals surface area contributed by atoms with E-state index in [-0.39, 0.29) is 13.2 Å². The van der Waals surface area contributed by atoms with Gasteiger partial charge in [0.1, 0.15) is 6.04 Å². The van der Waals surface area contributed by atoms with Crippen LogP contribution in [0.4, 0.5) is 13.2 Å². The summed E-state index contributed by atoms with van der Waals surface area (Å²) in [6.45, 7) is 3.74. The van der Waals surface area contributed by atoms with Crippen LogP contribution in [0.25, 0.3) is 0 Å². The van der Waals surface area contributed by atoms with Crippen LogP contribution in [-0.4, -0.2) is 18.6 Å². The van der Waals surface area contributed by atoms with Crippen LogP contribution in [0.1, 0.15) is 25.0 Å². The first-order valence-corrected chi connectivity index (χ1v) is 5.90. The molecule has 106 valence electrons. The molecule has 1 N–H and O–H groups in total. The van der Waals surface area contributed by atoms with Crippen molar-refractivity contribution in [1.29, 1.82) is 0 Å². The first kappa shape index (κ1) is 15.5. The fourth-order valence-electron chi connectivity index (χ4n) is 1.48. The summed E-state index contributed by atoms with van der Waals surface area (Å²) in [5, 5.41) is 2.82. The maximum Gasteiger partial charge on any atom is 0.416 e. The molecule has 6 heteroatoms. The first-order valence-electron chi connectivity index (χ1n) is 5.90. The van der Waals surface area contributed by atoms with E-state index in [1.54, 1.807) is 19.9 Å². The minimum absolute atomic E-state index is 0.171. The Labute approximate surface area is 109 Å². The number of hydrogen-bond donors (Lipinski definition) is 1. The molecule has 0 bridgehead atoms. The lowest BCUT2D eigenvalue weighted by Crippen LogP contribution is -2.34. The molecule has 0 radical (unpaired) electrons. The Bertz CT molecular complexity index is 432. The molecule has 0 spiro atoms. The molecule has 0 heterocycles. The smallest absolute Gasteiger partial charge is 0.416 e. The highest BCUT2D eigenvalue weighted by Gasteiger charge is 2.30. The predicted molar refractivity (Wildman–Crippen MR) is 64.4 cm³/mol. The third-order valence-electron chi connectivity index (χ3n) is 2.51. The van der Waals surface area contributed by atoms with Gasteiger partial charge in [0.2, 0.25) is 0 Å². The lowest BCUT2D eigenvalue weighted by atomic mass is 10.1. The molecule has 0 saturated heterocycles. The zero-order chi connectivity index (χ0) is 14.5. The average Bonchev–Trinajstić information content (AvgIpc) is 2.35. The molecule has 19 heavy (non-hydrogen) atoms. The highest BCUT2D eigenvalue weighted by Crippen LogP contribution is 2.29. The largest absolute Gasteiger partial charge is 0.465 e. The van der Waals surface area contributed by atoms with E-state index in [1.807, 2.05) is 0 Å². The van der Waals surface area contributed by atoms with Gasteiger partial charge in [-0.05, 0) is 25.5 Å². The van der Waals surface area contributed by atoms with Crippen molar-refractivity contribution >= 4 is 5.97 Å². The summed E-state index contributed by atoms with van der Waals surface area (Å²) in [5.74, 6) is -0.422. The third-order valence-corrected chi connectivity index (χ3v) is 2.51. The summed E-state index contributed by atoms with van der Waals surface area (Å²) in [6, 6.07) is 4.42.